The molecule has 0 aromatic rings. The molecular weight excluding hydrogens is 240 g/mol. The number of carbonyl (C=O) groups is 1. The molecule has 0 aromatic heterocycles. The minimum atomic E-state index is -0.581. The third kappa shape index (κ3) is 6.92. The van der Waals surface area contributed by atoms with Gasteiger partial charge >= 0.3 is 5.97 Å². The van der Waals surface area contributed by atoms with Crippen LogP contribution in [0, 0.1) is 0 Å². The molecule has 4 heteroatoms. The van der Waals surface area contributed by atoms with Crippen LogP contribution >= 0.6 is 0 Å². The lowest BCUT2D eigenvalue weighted by molar-refractivity contribution is -0.151. The van der Waals surface area contributed by atoms with E-state index in [1.165, 1.54) is 0 Å². The number of rotatable bonds is 9. The molecule has 19 heavy (non-hydrogen) atoms. The van der Waals surface area contributed by atoms with Crippen LogP contribution in [0.15, 0.2) is 0 Å². The zero-order chi connectivity index (χ0) is 15.1. The van der Waals surface area contributed by atoms with Crippen LogP contribution < -0.4 is 5.32 Å². The van der Waals surface area contributed by atoms with Gasteiger partial charge in [0.05, 0.1) is 6.61 Å². The van der Waals surface area contributed by atoms with Gasteiger partial charge in [-0.2, -0.15) is 0 Å². The molecule has 0 saturated carbocycles. The fourth-order valence-corrected chi connectivity index (χ4v) is 2.10. The molecule has 0 fully saturated rings. The number of esters is 1. The van der Waals surface area contributed by atoms with Crippen LogP contribution in [0.5, 0.6) is 0 Å². The third-order valence-corrected chi connectivity index (χ3v) is 3.40. The number of hydrogen-bond donors (Lipinski definition) is 1. The van der Waals surface area contributed by atoms with Gasteiger partial charge in [0.1, 0.15) is 5.54 Å². The third-order valence-electron chi connectivity index (χ3n) is 3.40. The van der Waals surface area contributed by atoms with Crippen LogP contribution in [0.1, 0.15) is 54.4 Å². The number of hydrogen-bond acceptors (Lipinski definition) is 4. The molecule has 0 rings (SSSR count). The predicted molar refractivity (Wildman–Crippen MR) is 80.3 cm³/mol. The first-order valence-corrected chi connectivity index (χ1v) is 7.38. The van der Waals surface area contributed by atoms with Crippen molar-refractivity contribution in [1.29, 1.82) is 0 Å². The minimum absolute atomic E-state index is 0.143. The smallest absolute Gasteiger partial charge is 0.326 e. The van der Waals surface area contributed by atoms with Gasteiger partial charge in [-0.3, -0.25) is 10.1 Å². The Hall–Kier alpha value is -0.610. The molecule has 0 heterocycles. The van der Waals surface area contributed by atoms with E-state index in [0.717, 1.165) is 19.4 Å². The van der Waals surface area contributed by atoms with Crippen molar-refractivity contribution in [3.63, 3.8) is 0 Å². The highest BCUT2D eigenvalue weighted by Gasteiger charge is 2.34. The van der Waals surface area contributed by atoms with Gasteiger partial charge in [0.2, 0.25) is 0 Å². The van der Waals surface area contributed by atoms with Gasteiger partial charge in [-0.25, -0.2) is 0 Å². The molecule has 0 radical (unpaired) electrons. The lowest BCUT2D eigenvalue weighted by atomic mass is 9.94. The highest BCUT2D eigenvalue weighted by Crippen LogP contribution is 2.16. The van der Waals surface area contributed by atoms with E-state index in [1.807, 2.05) is 13.8 Å². The van der Waals surface area contributed by atoms with Crippen LogP contribution in [0.4, 0.5) is 0 Å². The Morgan fingerprint density at radius 2 is 1.89 bits per heavy atom. The van der Waals surface area contributed by atoms with Gasteiger partial charge in [-0.05, 0) is 68.0 Å². The normalized spacial score (nSPS) is 15.1. The van der Waals surface area contributed by atoms with Crippen LogP contribution in [0.3, 0.4) is 0 Å². The van der Waals surface area contributed by atoms with Crippen molar-refractivity contribution in [2.75, 3.05) is 20.2 Å². The summed E-state index contributed by atoms with van der Waals surface area (Å²) in [5.74, 6) is -0.143. The van der Waals surface area contributed by atoms with Gasteiger partial charge < -0.3 is 9.64 Å². The summed E-state index contributed by atoms with van der Waals surface area (Å²) in [4.78, 5) is 14.4. The van der Waals surface area contributed by atoms with Gasteiger partial charge in [0, 0.05) is 12.1 Å². The molecule has 0 aliphatic carbocycles. The minimum Gasteiger partial charge on any atom is -0.465 e. The monoisotopic (exact) mass is 272 g/mol. The Kier molecular flexibility index (Phi) is 8.26. The van der Waals surface area contributed by atoms with Crippen molar-refractivity contribution in [3.8, 4) is 0 Å². The molecule has 0 aliphatic rings. The number of carbonyl (C=O) groups excluding carboxylic acids is 1. The van der Waals surface area contributed by atoms with Crippen LogP contribution in [-0.2, 0) is 9.53 Å². The molecule has 0 bridgehead atoms. The number of nitrogens with one attached hydrogen (secondary N) is 1. The molecule has 1 atom stereocenters. The number of ether oxygens (including phenoxy) is 1. The summed E-state index contributed by atoms with van der Waals surface area (Å²) in [7, 11) is 2.11. The zero-order valence-corrected chi connectivity index (χ0v) is 13.7. The van der Waals surface area contributed by atoms with E-state index in [4.69, 9.17) is 4.74 Å². The van der Waals surface area contributed by atoms with Crippen molar-refractivity contribution in [1.82, 2.24) is 10.2 Å². The predicted octanol–water partition coefficient (Wildman–Crippen LogP) is 2.43. The second-order valence-corrected chi connectivity index (χ2v) is 6.03. The van der Waals surface area contributed by atoms with Gasteiger partial charge in [-0.1, -0.05) is 0 Å². The highest BCUT2D eigenvalue weighted by atomic mass is 16.5. The second-order valence-electron chi connectivity index (χ2n) is 6.03. The Bertz CT molecular complexity index is 267. The molecular formula is C15H32N2O2. The topological polar surface area (TPSA) is 41.6 Å². The summed E-state index contributed by atoms with van der Waals surface area (Å²) >= 11 is 0. The van der Waals surface area contributed by atoms with Crippen LogP contribution in [0.25, 0.3) is 0 Å². The Balaban J connectivity index is 4.47. The largest absolute Gasteiger partial charge is 0.465 e. The van der Waals surface area contributed by atoms with Crippen molar-refractivity contribution in [2.45, 2.75) is 72.0 Å². The molecule has 0 spiro atoms. The Labute approximate surface area is 118 Å². The van der Waals surface area contributed by atoms with Crippen molar-refractivity contribution in [2.24, 2.45) is 0 Å². The summed E-state index contributed by atoms with van der Waals surface area (Å²) in [6.07, 6.45) is 1.77. The zero-order valence-electron chi connectivity index (χ0n) is 13.7. The van der Waals surface area contributed by atoms with E-state index >= 15 is 0 Å². The summed E-state index contributed by atoms with van der Waals surface area (Å²) in [5, 5.41) is 3.35. The summed E-state index contributed by atoms with van der Waals surface area (Å²) < 4.78 is 5.20. The maximum Gasteiger partial charge on any atom is 0.326 e. The first kappa shape index (κ1) is 18.4. The Morgan fingerprint density at radius 3 is 2.32 bits per heavy atom. The standard InChI is InChI=1S/C15H32N2O2/c1-8-19-14(18)15(6,16-12(2)3)10-9-11-17(7)13(4)5/h12-13,16H,8-11H2,1-7H3. The summed E-state index contributed by atoms with van der Waals surface area (Å²) in [6.45, 7) is 13.7. The molecule has 0 aliphatic heterocycles. The van der Waals surface area contributed by atoms with E-state index in [1.54, 1.807) is 0 Å². The molecule has 1 N–H and O–H groups in total. The summed E-state index contributed by atoms with van der Waals surface area (Å²) in [5.41, 5.74) is -0.581. The molecule has 114 valence electrons. The van der Waals surface area contributed by atoms with Gasteiger partial charge in [0.25, 0.3) is 0 Å². The molecule has 1 unspecified atom stereocenters. The molecule has 0 amide bonds. The SMILES string of the molecule is CCOC(=O)C(C)(CCCN(C)C(C)C)NC(C)C. The molecule has 0 aromatic carbocycles. The summed E-state index contributed by atoms with van der Waals surface area (Å²) in [6, 6.07) is 0.796. The van der Waals surface area contributed by atoms with E-state index in [9.17, 15) is 4.79 Å². The van der Waals surface area contributed by atoms with Crippen molar-refractivity contribution in [3.05, 3.63) is 0 Å². The lowest BCUT2D eigenvalue weighted by Gasteiger charge is -2.31. The quantitative estimate of drug-likeness (QED) is 0.655. The maximum atomic E-state index is 12.1. The van der Waals surface area contributed by atoms with E-state index in [0.29, 0.717) is 12.6 Å². The Morgan fingerprint density at radius 1 is 1.32 bits per heavy atom. The number of nitrogens with zero attached hydrogens (tertiary/aromatic N) is 1. The highest BCUT2D eigenvalue weighted by molar-refractivity contribution is 5.80. The lowest BCUT2D eigenvalue weighted by Crippen LogP contribution is -2.53. The van der Waals surface area contributed by atoms with Crippen LogP contribution in [0.2, 0.25) is 0 Å². The molecule has 4 nitrogen and oxygen atoms in total. The fraction of sp³-hybridized carbons (Fsp3) is 0.933. The van der Waals surface area contributed by atoms with Crippen molar-refractivity contribution < 1.29 is 9.53 Å². The average molecular weight is 272 g/mol. The second kappa shape index (κ2) is 8.54. The van der Waals surface area contributed by atoms with E-state index in [2.05, 4.69) is 45.0 Å². The van der Waals surface area contributed by atoms with Crippen LogP contribution in [-0.4, -0.2) is 48.7 Å². The first-order valence-electron chi connectivity index (χ1n) is 7.38. The fourth-order valence-electron chi connectivity index (χ4n) is 2.10. The van der Waals surface area contributed by atoms with Gasteiger partial charge in [0.15, 0.2) is 0 Å². The van der Waals surface area contributed by atoms with Gasteiger partial charge in [-0.15, -0.1) is 0 Å². The average Bonchev–Trinajstić information content (AvgIpc) is 2.27. The molecule has 0 saturated heterocycles. The maximum absolute atomic E-state index is 12.1. The van der Waals surface area contributed by atoms with Crippen molar-refractivity contribution >= 4 is 5.97 Å². The first-order chi connectivity index (χ1) is 8.73. The van der Waals surface area contributed by atoms with E-state index in [-0.39, 0.29) is 12.0 Å². The van der Waals surface area contributed by atoms with E-state index < -0.39 is 5.54 Å².